The minimum atomic E-state index is -0.437. The van der Waals surface area contributed by atoms with Crippen LogP contribution in [0.25, 0.3) is 103 Å². The van der Waals surface area contributed by atoms with Crippen molar-refractivity contribution in [2.45, 2.75) is 0 Å². The lowest BCUT2D eigenvalue weighted by atomic mass is 9.94. The summed E-state index contributed by atoms with van der Waals surface area (Å²) >= 11 is 0. The van der Waals surface area contributed by atoms with Gasteiger partial charge in [-0.15, -0.1) is 0 Å². The summed E-state index contributed by atoms with van der Waals surface area (Å²) in [7, 11) is 0. The Morgan fingerprint density at radius 2 is 0.783 bits per heavy atom. The van der Waals surface area contributed by atoms with Crippen LogP contribution in [0.4, 0.5) is 5.69 Å². The van der Waals surface area contributed by atoms with Gasteiger partial charge in [0.25, 0.3) is 0 Å². The second-order valence-corrected chi connectivity index (χ2v) is 14.8. The first-order valence-corrected chi connectivity index (χ1v) is 18.6. The normalized spacial score (nSPS) is 11.5. The zero-order chi connectivity index (χ0) is 41.1. The van der Waals surface area contributed by atoms with Crippen molar-refractivity contribution in [1.82, 2.24) is 8.80 Å². The van der Waals surface area contributed by atoms with E-state index < -0.39 is 10.9 Å². The summed E-state index contributed by atoms with van der Waals surface area (Å²) in [5, 5.41) is 31.3. The molecule has 274 valence electrons. The highest BCUT2D eigenvalue weighted by Crippen LogP contribution is 2.36. The van der Waals surface area contributed by atoms with Crippen LogP contribution < -0.4 is 21.7 Å². The zero-order valence-electron chi connectivity index (χ0n) is 30.9. The molecule has 0 aliphatic rings. The third kappa shape index (κ3) is 4.53. The number of hydrogen-bond donors (Lipinski definition) is 0. The number of nitriles is 3. The summed E-state index contributed by atoms with van der Waals surface area (Å²) in [6, 6.07) is 39.8. The molecule has 0 spiro atoms. The van der Waals surface area contributed by atoms with E-state index in [4.69, 9.17) is 6.57 Å². The lowest BCUT2D eigenvalue weighted by Crippen LogP contribution is -2.17. The zero-order valence-corrected chi connectivity index (χ0v) is 30.9. The van der Waals surface area contributed by atoms with Gasteiger partial charge in [0, 0.05) is 48.7 Å². The van der Waals surface area contributed by atoms with Crippen LogP contribution in [-0.2, 0) is 0 Å². The molecule has 11 rings (SSSR count). The number of fused-ring (bicyclic) bond motifs is 8. The van der Waals surface area contributed by atoms with Gasteiger partial charge < -0.3 is 8.80 Å². The summed E-state index contributed by atoms with van der Waals surface area (Å²) in [4.78, 5) is 62.2. The first kappa shape index (κ1) is 34.1. The monoisotopic (exact) mass is 768 g/mol. The molecule has 0 fully saturated rings. The van der Waals surface area contributed by atoms with Crippen LogP contribution in [0.5, 0.6) is 0 Å². The second kappa shape index (κ2) is 12.1. The Balaban J connectivity index is 1.36. The van der Waals surface area contributed by atoms with Crippen molar-refractivity contribution >= 4 is 81.9 Å². The van der Waals surface area contributed by atoms with Crippen LogP contribution in [0, 0.1) is 40.6 Å². The van der Waals surface area contributed by atoms with Gasteiger partial charge in [-0.2, -0.15) is 15.8 Å². The van der Waals surface area contributed by atoms with Crippen LogP contribution in [-0.4, -0.2) is 8.80 Å². The van der Waals surface area contributed by atoms with E-state index in [9.17, 15) is 35.0 Å². The van der Waals surface area contributed by atoms with Crippen LogP contribution >= 0.6 is 0 Å². The molecular formula is C50H20N6O4. The molecule has 10 nitrogen and oxygen atoms in total. The quantitative estimate of drug-likeness (QED) is 0.0967. The molecule has 0 aliphatic carbocycles. The molecule has 0 atom stereocenters. The Morgan fingerprint density at radius 3 is 1.22 bits per heavy atom. The van der Waals surface area contributed by atoms with Crippen molar-refractivity contribution in [3.05, 3.63) is 190 Å². The molecule has 0 saturated heterocycles. The van der Waals surface area contributed by atoms with Crippen molar-refractivity contribution < 1.29 is 0 Å². The second-order valence-electron chi connectivity index (χ2n) is 14.8. The number of para-hydroxylation sites is 2. The van der Waals surface area contributed by atoms with Crippen molar-refractivity contribution in [3.63, 3.8) is 0 Å². The third-order valence-corrected chi connectivity index (χ3v) is 11.5. The minimum Gasteiger partial charge on any atom is -0.307 e. The van der Waals surface area contributed by atoms with Crippen LogP contribution in [0.3, 0.4) is 0 Å². The van der Waals surface area contributed by atoms with Crippen LogP contribution in [0.15, 0.2) is 141 Å². The maximum atomic E-state index is 15.0. The number of hydrogen-bond acceptors (Lipinski definition) is 7. The molecule has 0 aliphatic heterocycles. The molecular weight excluding hydrogens is 749 g/mol. The van der Waals surface area contributed by atoms with Gasteiger partial charge >= 0.3 is 0 Å². The Kier molecular flexibility index (Phi) is 6.89. The average Bonchev–Trinajstić information content (AvgIpc) is 3.29. The molecule has 4 heterocycles. The highest BCUT2D eigenvalue weighted by Gasteiger charge is 2.23. The molecule has 7 aromatic carbocycles. The standard InChI is InChI=1S/C50H20N6O4/c1-54-32-14-27(24-53)13-29(15-32)31-18-38-46-40(19-31)50(60)36-20-35-43(21-44(36)56(46)42-9-5-3-7-34(42)48(38)58)55-41-8-4-2-6-33(41)47(57)37-16-30(17-39(45(37)55)49(35)59)28-11-25(22-51)10-26(12-28)23-52/h2-21H. The average molecular weight is 769 g/mol. The Hall–Kier alpha value is -9.22. The number of nitrogens with zero attached hydrogens (tertiary/aromatic N) is 6. The largest absolute Gasteiger partial charge is 0.307 e. The fraction of sp³-hybridized carbons (Fsp3) is 0. The third-order valence-electron chi connectivity index (χ3n) is 11.5. The smallest absolute Gasteiger partial charge is 0.197 e. The lowest BCUT2D eigenvalue weighted by molar-refractivity contribution is 1.28. The summed E-state index contributed by atoms with van der Waals surface area (Å²) in [5.41, 5.74) is 4.07. The maximum Gasteiger partial charge on any atom is 0.197 e. The van der Waals surface area contributed by atoms with E-state index in [0.717, 1.165) is 0 Å². The Morgan fingerprint density at radius 1 is 0.400 bits per heavy atom. The topological polar surface area (TPSA) is 153 Å². The number of aromatic nitrogens is 2. The van der Waals surface area contributed by atoms with Gasteiger partial charge in [-0.1, -0.05) is 24.3 Å². The van der Waals surface area contributed by atoms with E-state index in [2.05, 4.69) is 23.1 Å². The highest BCUT2D eigenvalue weighted by atomic mass is 16.1. The van der Waals surface area contributed by atoms with E-state index in [-0.39, 0.29) is 65.6 Å². The van der Waals surface area contributed by atoms with Gasteiger partial charge in [0.15, 0.2) is 27.4 Å². The summed E-state index contributed by atoms with van der Waals surface area (Å²) in [6.07, 6.45) is 0. The van der Waals surface area contributed by atoms with E-state index in [1.165, 1.54) is 12.1 Å². The number of pyridine rings is 4. The molecule has 10 heteroatoms. The van der Waals surface area contributed by atoms with Crippen molar-refractivity contribution in [2.24, 2.45) is 0 Å². The first-order chi connectivity index (χ1) is 29.2. The van der Waals surface area contributed by atoms with Crippen LogP contribution in [0.2, 0.25) is 0 Å². The highest BCUT2D eigenvalue weighted by molar-refractivity contribution is 6.14. The summed E-state index contributed by atoms with van der Waals surface area (Å²) in [6.45, 7) is 7.62. The number of rotatable bonds is 2. The van der Waals surface area contributed by atoms with Gasteiger partial charge in [-0.3, -0.25) is 19.2 Å². The lowest BCUT2D eigenvalue weighted by Gasteiger charge is -2.19. The molecule has 60 heavy (non-hydrogen) atoms. The van der Waals surface area contributed by atoms with Crippen molar-refractivity contribution in [1.29, 1.82) is 15.8 Å². The molecule has 0 N–H and O–H groups in total. The number of benzene rings is 7. The predicted molar refractivity (Wildman–Crippen MR) is 232 cm³/mol. The predicted octanol–water partition coefficient (Wildman–Crippen LogP) is 8.93. The fourth-order valence-corrected chi connectivity index (χ4v) is 8.96. The van der Waals surface area contributed by atoms with E-state index >= 15 is 0 Å². The summed E-state index contributed by atoms with van der Waals surface area (Å²) < 4.78 is 3.75. The maximum absolute atomic E-state index is 15.0. The van der Waals surface area contributed by atoms with Gasteiger partial charge in [-0.25, -0.2) is 4.85 Å². The molecule has 11 aromatic rings. The molecule has 0 bridgehead atoms. The van der Waals surface area contributed by atoms with Crippen molar-refractivity contribution in [3.8, 4) is 40.5 Å². The summed E-state index contributed by atoms with van der Waals surface area (Å²) in [5.74, 6) is 0. The molecule has 4 aromatic heterocycles. The molecule has 0 amide bonds. The molecule has 0 unspecified atom stereocenters. The SMILES string of the molecule is [C-]#[N+]c1cc(C#N)cc(-c2cc3c(=O)c4ccccc4n4c5cc6c(cc5c(=O)c(c2)c34)c(=O)c2cc(-c3cc(C#N)cc(C#N)c3)cc3c(=O)c4ccccc4n6c32)c1. The first-order valence-electron chi connectivity index (χ1n) is 18.6. The van der Waals surface area contributed by atoms with E-state index in [0.29, 0.717) is 66.1 Å². The van der Waals surface area contributed by atoms with Gasteiger partial charge in [0.1, 0.15) is 0 Å². The van der Waals surface area contributed by atoms with Crippen molar-refractivity contribution in [2.75, 3.05) is 0 Å². The van der Waals surface area contributed by atoms with Gasteiger partial charge in [-0.05, 0) is 119 Å². The van der Waals surface area contributed by atoms with E-state index in [1.807, 2.05) is 8.80 Å². The molecule has 0 radical (unpaired) electrons. The molecule has 0 saturated carbocycles. The van der Waals surface area contributed by atoms with Gasteiger partial charge in [0.2, 0.25) is 0 Å². The minimum absolute atomic E-state index is 0.203. The fourth-order valence-electron chi connectivity index (χ4n) is 8.96. The Labute approximate surface area is 336 Å². The van der Waals surface area contributed by atoms with Gasteiger partial charge in [0.05, 0.1) is 69.0 Å². The van der Waals surface area contributed by atoms with Crippen LogP contribution in [0.1, 0.15) is 16.7 Å². The van der Waals surface area contributed by atoms with E-state index in [1.54, 1.807) is 109 Å². The Bertz CT molecular complexity index is 3940.